The molecular weight excluding hydrogens is 335 g/mol. The topological polar surface area (TPSA) is 50.3 Å². The van der Waals surface area contributed by atoms with E-state index in [0.29, 0.717) is 11.9 Å². The zero-order chi connectivity index (χ0) is 16.2. The molecule has 1 aliphatic rings. The molecule has 5 nitrogen and oxygen atoms in total. The highest BCUT2D eigenvalue weighted by Crippen LogP contribution is 2.27. The van der Waals surface area contributed by atoms with E-state index in [0.717, 1.165) is 47.5 Å². The Balaban J connectivity index is 1.60. The minimum atomic E-state index is 0.330. The molecule has 0 amide bonds. The fourth-order valence-corrected chi connectivity index (χ4v) is 3.26. The van der Waals surface area contributed by atoms with Crippen LogP contribution in [-0.2, 0) is 6.54 Å². The summed E-state index contributed by atoms with van der Waals surface area (Å²) in [6.07, 6.45) is 2.53. The maximum atomic E-state index is 6.25. The predicted molar refractivity (Wildman–Crippen MR) is 92.4 cm³/mol. The van der Waals surface area contributed by atoms with Gasteiger partial charge in [0.05, 0.1) is 7.11 Å². The van der Waals surface area contributed by atoms with Crippen LogP contribution in [0.15, 0.2) is 30.6 Å². The fourth-order valence-electron chi connectivity index (χ4n) is 2.74. The zero-order valence-electron chi connectivity index (χ0n) is 12.8. The molecular formula is C16H18Cl2N4O. The largest absolute Gasteiger partial charge is 0.481 e. The minimum Gasteiger partial charge on any atom is -0.481 e. The van der Waals surface area contributed by atoms with Crippen LogP contribution in [0.3, 0.4) is 0 Å². The van der Waals surface area contributed by atoms with Crippen LogP contribution in [0.2, 0.25) is 10.0 Å². The Morgan fingerprint density at radius 2 is 2.09 bits per heavy atom. The van der Waals surface area contributed by atoms with Crippen LogP contribution in [-0.4, -0.2) is 41.1 Å². The molecule has 0 bridgehead atoms. The number of rotatable bonds is 5. The van der Waals surface area contributed by atoms with Gasteiger partial charge in [-0.1, -0.05) is 29.3 Å². The molecule has 3 rings (SSSR count). The summed E-state index contributed by atoms with van der Waals surface area (Å²) in [6, 6.07) is 7.75. The van der Waals surface area contributed by atoms with Crippen molar-refractivity contribution >= 4 is 29.0 Å². The lowest BCUT2D eigenvalue weighted by atomic mass is 10.2. The number of likely N-dealkylation sites (tertiary alicyclic amines) is 1. The van der Waals surface area contributed by atoms with E-state index in [1.165, 1.54) is 6.33 Å². The maximum absolute atomic E-state index is 6.25. The lowest BCUT2D eigenvalue weighted by molar-refractivity contribution is 0.329. The van der Waals surface area contributed by atoms with Crippen molar-refractivity contribution in [1.29, 1.82) is 0 Å². The Morgan fingerprint density at radius 3 is 2.83 bits per heavy atom. The smallest absolute Gasteiger partial charge is 0.218 e. The average Bonchev–Trinajstić information content (AvgIpc) is 2.98. The van der Waals surface area contributed by atoms with Crippen molar-refractivity contribution in [1.82, 2.24) is 14.9 Å². The van der Waals surface area contributed by atoms with Crippen LogP contribution in [0.25, 0.3) is 0 Å². The van der Waals surface area contributed by atoms with E-state index >= 15 is 0 Å². The normalized spacial score (nSPS) is 18.1. The number of ether oxygens (including phenoxy) is 1. The number of nitrogens with zero attached hydrogens (tertiary/aromatic N) is 3. The van der Waals surface area contributed by atoms with Crippen molar-refractivity contribution in [3.05, 3.63) is 46.2 Å². The molecule has 0 radical (unpaired) electrons. The number of anilines is 1. The Labute approximate surface area is 145 Å². The minimum absolute atomic E-state index is 0.330. The number of methoxy groups -OCH3 is 1. The van der Waals surface area contributed by atoms with E-state index < -0.39 is 0 Å². The molecule has 1 N–H and O–H groups in total. The van der Waals surface area contributed by atoms with Gasteiger partial charge in [-0.2, -0.15) is 0 Å². The molecule has 7 heteroatoms. The van der Waals surface area contributed by atoms with Crippen LogP contribution in [0.1, 0.15) is 12.0 Å². The van der Waals surface area contributed by atoms with Gasteiger partial charge in [0.1, 0.15) is 12.1 Å². The van der Waals surface area contributed by atoms with Crippen molar-refractivity contribution in [3.63, 3.8) is 0 Å². The van der Waals surface area contributed by atoms with Crippen LogP contribution in [0, 0.1) is 0 Å². The lowest BCUT2D eigenvalue weighted by Gasteiger charge is -2.18. The highest BCUT2D eigenvalue weighted by molar-refractivity contribution is 6.35. The first-order valence-electron chi connectivity index (χ1n) is 7.43. The van der Waals surface area contributed by atoms with Crippen LogP contribution < -0.4 is 10.1 Å². The highest BCUT2D eigenvalue weighted by Gasteiger charge is 2.24. The summed E-state index contributed by atoms with van der Waals surface area (Å²) in [5, 5.41) is 4.86. The average molecular weight is 353 g/mol. The summed E-state index contributed by atoms with van der Waals surface area (Å²) in [4.78, 5) is 10.6. The number of halogens is 2. The van der Waals surface area contributed by atoms with E-state index in [9.17, 15) is 0 Å². The lowest BCUT2D eigenvalue weighted by Crippen LogP contribution is -2.26. The first-order chi connectivity index (χ1) is 11.2. The van der Waals surface area contributed by atoms with Crippen molar-refractivity contribution in [3.8, 4) is 5.88 Å². The summed E-state index contributed by atoms with van der Waals surface area (Å²) in [5.74, 6) is 1.33. The van der Waals surface area contributed by atoms with Gasteiger partial charge >= 0.3 is 0 Å². The van der Waals surface area contributed by atoms with Gasteiger partial charge in [0, 0.05) is 47.4 Å². The zero-order valence-corrected chi connectivity index (χ0v) is 14.3. The van der Waals surface area contributed by atoms with Crippen molar-refractivity contribution in [2.45, 2.75) is 19.0 Å². The van der Waals surface area contributed by atoms with Crippen LogP contribution >= 0.6 is 23.2 Å². The second-order valence-corrected chi connectivity index (χ2v) is 6.33. The Kier molecular flexibility index (Phi) is 5.20. The van der Waals surface area contributed by atoms with Crippen LogP contribution in [0.5, 0.6) is 5.88 Å². The van der Waals surface area contributed by atoms with E-state index in [-0.39, 0.29) is 0 Å². The first kappa shape index (κ1) is 16.3. The maximum Gasteiger partial charge on any atom is 0.218 e. The number of hydrogen-bond acceptors (Lipinski definition) is 5. The fraction of sp³-hybridized carbons (Fsp3) is 0.375. The summed E-state index contributed by atoms with van der Waals surface area (Å²) < 4.78 is 5.11. The van der Waals surface area contributed by atoms with Crippen molar-refractivity contribution in [2.75, 3.05) is 25.5 Å². The van der Waals surface area contributed by atoms with Gasteiger partial charge in [0.2, 0.25) is 5.88 Å². The summed E-state index contributed by atoms with van der Waals surface area (Å²) in [7, 11) is 1.59. The van der Waals surface area contributed by atoms with Gasteiger partial charge < -0.3 is 10.1 Å². The van der Waals surface area contributed by atoms with E-state index in [1.54, 1.807) is 13.2 Å². The number of benzene rings is 1. The Hall–Kier alpha value is -1.56. The van der Waals surface area contributed by atoms with Gasteiger partial charge in [0.25, 0.3) is 0 Å². The standard InChI is InChI=1S/C16H18Cl2N4O/c1-23-16-7-15(19-10-20-16)21-11-5-6-22(8-11)9-12-13(17)3-2-4-14(12)18/h2-4,7,10-11H,5-6,8-9H2,1H3,(H,19,20,21). The van der Waals surface area contributed by atoms with Crippen LogP contribution in [0.4, 0.5) is 5.82 Å². The quantitative estimate of drug-likeness (QED) is 0.892. The van der Waals surface area contributed by atoms with Gasteiger partial charge in [-0.05, 0) is 18.6 Å². The number of aromatic nitrogens is 2. The second kappa shape index (κ2) is 7.34. The molecule has 1 fully saturated rings. The predicted octanol–water partition coefficient (Wildman–Crippen LogP) is 3.48. The number of hydrogen-bond donors (Lipinski definition) is 1. The molecule has 122 valence electrons. The molecule has 2 heterocycles. The molecule has 1 unspecified atom stereocenters. The van der Waals surface area contributed by atoms with Gasteiger partial charge in [-0.25, -0.2) is 9.97 Å². The molecule has 1 aliphatic heterocycles. The SMILES string of the molecule is COc1cc(NC2CCN(Cc3c(Cl)cccc3Cl)C2)ncn1. The third-order valence-corrected chi connectivity index (χ3v) is 4.63. The summed E-state index contributed by atoms with van der Waals surface area (Å²) >= 11 is 12.5. The van der Waals surface area contributed by atoms with Gasteiger partial charge in [-0.3, -0.25) is 4.90 Å². The molecule has 0 spiro atoms. The first-order valence-corrected chi connectivity index (χ1v) is 8.19. The Bertz CT molecular complexity index is 663. The number of nitrogens with one attached hydrogen (secondary N) is 1. The molecule has 0 aliphatic carbocycles. The molecule has 2 aromatic rings. The molecule has 1 atom stereocenters. The molecule has 1 saturated heterocycles. The summed E-state index contributed by atoms with van der Waals surface area (Å²) in [6.45, 7) is 2.65. The van der Waals surface area contributed by atoms with Gasteiger partial charge in [-0.15, -0.1) is 0 Å². The summed E-state index contributed by atoms with van der Waals surface area (Å²) in [5.41, 5.74) is 0.986. The monoisotopic (exact) mass is 352 g/mol. The Morgan fingerprint density at radius 1 is 1.30 bits per heavy atom. The second-order valence-electron chi connectivity index (χ2n) is 5.51. The van der Waals surface area contributed by atoms with Gasteiger partial charge in [0.15, 0.2) is 0 Å². The molecule has 0 saturated carbocycles. The third-order valence-electron chi connectivity index (χ3n) is 3.92. The van der Waals surface area contributed by atoms with E-state index in [4.69, 9.17) is 27.9 Å². The molecule has 1 aromatic carbocycles. The molecule has 23 heavy (non-hydrogen) atoms. The van der Waals surface area contributed by atoms with Crippen molar-refractivity contribution < 1.29 is 4.74 Å². The highest BCUT2D eigenvalue weighted by atomic mass is 35.5. The molecule has 1 aromatic heterocycles. The van der Waals surface area contributed by atoms with E-state index in [1.807, 2.05) is 18.2 Å². The van der Waals surface area contributed by atoms with E-state index in [2.05, 4.69) is 20.2 Å². The van der Waals surface area contributed by atoms with Crippen molar-refractivity contribution in [2.24, 2.45) is 0 Å². The third kappa shape index (κ3) is 4.05.